The molecule has 4 heteroatoms. The van der Waals surface area contributed by atoms with Crippen LogP contribution in [0.3, 0.4) is 0 Å². The highest BCUT2D eigenvalue weighted by Gasteiger charge is 2.27. The van der Waals surface area contributed by atoms with Gasteiger partial charge in [0.2, 0.25) is 0 Å². The molecule has 0 aliphatic carbocycles. The average molecular weight is 325 g/mol. The average Bonchev–Trinajstić information content (AvgIpc) is 2.89. The molecule has 2 aromatic rings. The smallest absolute Gasteiger partial charge is 0.159 e. The summed E-state index contributed by atoms with van der Waals surface area (Å²) in [7, 11) is 0. The van der Waals surface area contributed by atoms with E-state index in [4.69, 9.17) is 4.74 Å². The fourth-order valence-electron chi connectivity index (χ4n) is 3.17. The summed E-state index contributed by atoms with van der Waals surface area (Å²) in [6.45, 7) is 4.48. The molecule has 0 saturated carbocycles. The first kappa shape index (κ1) is 16.5. The van der Waals surface area contributed by atoms with E-state index in [-0.39, 0.29) is 12.4 Å². The van der Waals surface area contributed by atoms with Crippen molar-refractivity contribution in [3.05, 3.63) is 59.7 Å². The number of carbonyl (C=O) groups excluding carboxylic acids is 1. The zero-order chi connectivity index (χ0) is 17.1. The molecule has 0 bridgehead atoms. The third-order valence-corrected chi connectivity index (χ3v) is 4.46. The number of Topliss-reactive ketones (excluding diaryl/α,β-unsaturated/α-hetero) is 1. The first-order valence-electron chi connectivity index (χ1n) is 8.31. The molecular weight excluding hydrogens is 302 g/mol. The van der Waals surface area contributed by atoms with Crippen LogP contribution in [-0.2, 0) is 6.42 Å². The summed E-state index contributed by atoms with van der Waals surface area (Å²) >= 11 is 0. The zero-order valence-electron chi connectivity index (χ0n) is 14.1. The number of fused-ring (bicyclic) bond motifs is 1. The Balaban J connectivity index is 1.56. The predicted octanol–water partition coefficient (Wildman–Crippen LogP) is 3.08. The Kier molecular flexibility index (Phi) is 4.86. The lowest BCUT2D eigenvalue weighted by Crippen LogP contribution is -2.39. The van der Waals surface area contributed by atoms with E-state index >= 15 is 0 Å². The highest BCUT2D eigenvalue weighted by atomic mass is 16.5. The van der Waals surface area contributed by atoms with Crippen LogP contribution in [0.4, 0.5) is 5.69 Å². The largest absolute Gasteiger partial charge is 0.491 e. The SMILES string of the molecule is CC(=O)c1ccc(OC[C@H](O)CN2c3ccccc3C[C@@H]2C)cc1. The van der Waals surface area contributed by atoms with Crippen LogP contribution in [0.5, 0.6) is 5.75 Å². The topological polar surface area (TPSA) is 49.8 Å². The maximum absolute atomic E-state index is 11.3. The maximum atomic E-state index is 11.3. The molecule has 0 fully saturated rings. The Morgan fingerprint density at radius 1 is 1.25 bits per heavy atom. The van der Waals surface area contributed by atoms with Crippen LogP contribution in [0.25, 0.3) is 0 Å². The number of aliphatic hydroxyl groups excluding tert-OH is 1. The van der Waals surface area contributed by atoms with Gasteiger partial charge >= 0.3 is 0 Å². The Bertz CT molecular complexity index is 711. The van der Waals surface area contributed by atoms with Crippen molar-refractivity contribution >= 4 is 11.5 Å². The number of para-hydroxylation sites is 1. The number of anilines is 1. The van der Waals surface area contributed by atoms with Gasteiger partial charge in [-0.25, -0.2) is 0 Å². The van der Waals surface area contributed by atoms with Crippen LogP contribution in [0, 0.1) is 0 Å². The molecule has 0 saturated heterocycles. The van der Waals surface area contributed by atoms with E-state index in [2.05, 4.69) is 30.0 Å². The van der Waals surface area contributed by atoms with Crippen molar-refractivity contribution in [3.63, 3.8) is 0 Å². The molecule has 1 aliphatic heterocycles. The quantitative estimate of drug-likeness (QED) is 0.829. The van der Waals surface area contributed by atoms with E-state index in [1.165, 1.54) is 18.2 Å². The fourth-order valence-corrected chi connectivity index (χ4v) is 3.17. The van der Waals surface area contributed by atoms with Gasteiger partial charge in [0.05, 0.1) is 0 Å². The molecule has 1 heterocycles. The number of β-amino-alcohol motifs (C(OH)–C–C–N with tert-alkyl or cyclic N) is 1. The van der Waals surface area contributed by atoms with Gasteiger partial charge in [-0.2, -0.15) is 0 Å². The molecule has 1 N–H and O–H groups in total. The second kappa shape index (κ2) is 7.05. The van der Waals surface area contributed by atoms with Crippen molar-refractivity contribution in [1.82, 2.24) is 0 Å². The van der Waals surface area contributed by atoms with Gasteiger partial charge < -0.3 is 14.7 Å². The molecule has 126 valence electrons. The minimum atomic E-state index is -0.578. The number of nitrogens with zero attached hydrogens (tertiary/aromatic N) is 1. The van der Waals surface area contributed by atoms with Crippen molar-refractivity contribution in [2.45, 2.75) is 32.4 Å². The van der Waals surface area contributed by atoms with Crippen LogP contribution >= 0.6 is 0 Å². The van der Waals surface area contributed by atoms with Gasteiger partial charge in [0.25, 0.3) is 0 Å². The number of aliphatic hydroxyl groups is 1. The lowest BCUT2D eigenvalue weighted by molar-refractivity contribution is 0.101. The highest BCUT2D eigenvalue weighted by Crippen LogP contribution is 2.31. The number of hydrogen-bond donors (Lipinski definition) is 1. The van der Waals surface area contributed by atoms with Crippen LogP contribution in [0.15, 0.2) is 48.5 Å². The standard InChI is InChI=1S/C20H23NO3/c1-14-11-17-5-3-4-6-20(17)21(14)12-18(23)13-24-19-9-7-16(8-10-19)15(2)22/h3-10,14,18,23H,11-13H2,1-2H3/t14-,18+/m0/s1. The third kappa shape index (κ3) is 3.60. The monoisotopic (exact) mass is 325 g/mol. The molecule has 0 unspecified atom stereocenters. The van der Waals surface area contributed by atoms with E-state index in [0.717, 1.165) is 6.42 Å². The fraction of sp³-hybridized carbons (Fsp3) is 0.350. The van der Waals surface area contributed by atoms with Crippen molar-refractivity contribution in [1.29, 1.82) is 0 Å². The summed E-state index contributed by atoms with van der Waals surface area (Å²) in [5.74, 6) is 0.692. The summed E-state index contributed by atoms with van der Waals surface area (Å²) in [6, 6.07) is 15.7. The van der Waals surface area contributed by atoms with Crippen LogP contribution in [0.1, 0.15) is 29.8 Å². The number of carbonyl (C=O) groups is 1. The van der Waals surface area contributed by atoms with Crippen LogP contribution in [-0.4, -0.2) is 36.2 Å². The zero-order valence-corrected chi connectivity index (χ0v) is 14.1. The molecule has 1 aliphatic rings. The van der Waals surface area contributed by atoms with Crippen molar-refractivity contribution in [2.24, 2.45) is 0 Å². The van der Waals surface area contributed by atoms with Gasteiger partial charge in [0.1, 0.15) is 18.5 Å². The third-order valence-electron chi connectivity index (χ3n) is 4.46. The molecule has 4 nitrogen and oxygen atoms in total. The molecule has 2 atom stereocenters. The summed E-state index contributed by atoms with van der Waals surface area (Å²) < 4.78 is 5.65. The Labute approximate surface area is 142 Å². The number of ether oxygens (including phenoxy) is 1. The molecule has 2 aromatic carbocycles. The molecular formula is C20H23NO3. The molecule has 0 amide bonds. The van der Waals surface area contributed by atoms with Crippen molar-refractivity contribution in [3.8, 4) is 5.75 Å². The molecule has 3 rings (SSSR count). The number of ketones is 1. The molecule has 0 aromatic heterocycles. The minimum Gasteiger partial charge on any atom is -0.491 e. The molecule has 0 radical (unpaired) electrons. The summed E-state index contributed by atoms with van der Waals surface area (Å²) in [5, 5.41) is 10.3. The molecule has 24 heavy (non-hydrogen) atoms. The van der Waals surface area contributed by atoms with Gasteiger partial charge in [0, 0.05) is 23.8 Å². The normalized spacial score (nSPS) is 17.5. The highest BCUT2D eigenvalue weighted by molar-refractivity contribution is 5.94. The summed E-state index contributed by atoms with van der Waals surface area (Å²) in [5.41, 5.74) is 3.19. The van der Waals surface area contributed by atoms with Gasteiger partial charge in [-0.1, -0.05) is 18.2 Å². The number of benzene rings is 2. The van der Waals surface area contributed by atoms with E-state index in [9.17, 15) is 9.90 Å². The summed E-state index contributed by atoms with van der Waals surface area (Å²) in [4.78, 5) is 13.5. The van der Waals surface area contributed by atoms with E-state index in [1.54, 1.807) is 24.3 Å². The van der Waals surface area contributed by atoms with Gasteiger partial charge in [-0.3, -0.25) is 4.79 Å². The maximum Gasteiger partial charge on any atom is 0.159 e. The van der Waals surface area contributed by atoms with Gasteiger partial charge in [0.15, 0.2) is 5.78 Å². The predicted molar refractivity (Wildman–Crippen MR) is 94.9 cm³/mol. The first-order chi connectivity index (χ1) is 11.5. The second-order valence-electron chi connectivity index (χ2n) is 6.38. The van der Waals surface area contributed by atoms with Gasteiger partial charge in [-0.15, -0.1) is 0 Å². The Morgan fingerprint density at radius 3 is 2.67 bits per heavy atom. The van der Waals surface area contributed by atoms with E-state index in [1.807, 2.05) is 6.07 Å². The Hall–Kier alpha value is -2.33. The van der Waals surface area contributed by atoms with Crippen LogP contribution in [0.2, 0.25) is 0 Å². The van der Waals surface area contributed by atoms with E-state index in [0.29, 0.717) is 23.9 Å². The first-order valence-corrected chi connectivity index (χ1v) is 8.31. The molecule has 0 spiro atoms. The lowest BCUT2D eigenvalue weighted by Gasteiger charge is -2.27. The second-order valence-corrected chi connectivity index (χ2v) is 6.38. The number of rotatable bonds is 6. The Morgan fingerprint density at radius 2 is 1.96 bits per heavy atom. The van der Waals surface area contributed by atoms with Crippen molar-refractivity contribution in [2.75, 3.05) is 18.1 Å². The van der Waals surface area contributed by atoms with E-state index < -0.39 is 6.10 Å². The van der Waals surface area contributed by atoms with Gasteiger partial charge in [-0.05, 0) is 56.2 Å². The summed E-state index contributed by atoms with van der Waals surface area (Å²) in [6.07, 6.45) is 0.432. The minimum absolute atomic E-state index is 0.0308. The lowest BCUT2D eigenvalue weighted by atomic mass is 10.1. The number of hydrogen-bond acceptors (Lipinski definition) is 4. The van der Waals surface area contributed by atoms with Crippen molar-refractivity contribution < 1.29 is 14.6 Å². The van der Waals surface area contributed by atoms with Crippen LogP contribution < -0.4 is 9.64 Å².